The molecule has 2 fully saturated rings. The topological polar surface area (TPSA) is 133 Å². The lowest BCUT2D eigenvalue weighted by Gasteiger charge is -2.32. The van der Waals surface area contributed by atoms with Crippen LogP contribution in [0.15, 0.2) is 0 Å². The molecular formula is C18H30N4O5. The van der Waals surface area contributed by atoms with Crippen molar-refractivity contribution in [3.8, 4) is 0 Å². The molecule has 0 bridgehead atoms. The number of likely N-dealkylation sites (tertiary alicyclic amines) is 2. The van der Waals surface area contributed by atoms with Crippen molar-refractivity contribution >= 4 is 23.7 Å². The van der Waals surface area contributed by atoms with Crippen molar-refractivity contribution < 1.29 is 24.3 Å². The normalized spacial score (nSPS) is 24.6. The van der Waals surface area contributed by atoms with Crippen LogP contribution in [0.1, 0.15) is 46.0 Å². The van der Waals surface area contributed by atoms with Crippen LogP contribution < -0.4 is 11.1 Å². The third-order valence-corrected chi connectivity index (χ3v) is 5.65. The van der Waals surface area contributed by atoms with Gasteiger partial charge >= 0.3 is 5.97 Å². The van der Waals surface area contributed by atoms with Crippen LogP contribution in [0, 0.1) is 5.92 Å². The van der Waals surface area contributed by atoms with Gasteiger partial charge in [-0.3, -0.25) is 14.4 Å². The van der Waals surface area contributed by atoms with Crippen molar-refractivity contribution in [1.82, 2.24) is 15.1 Å². The molecule has 0 aromatic rings. The van der Waals surface area contributed by atoms with Gasteiger partial charge in [0, 0.05) is 13.1 Å². The van der Waals surface area contributed by atoms with Gasteiger partial charge in [-0.25, -0.2) is 4.79 Å². The maximum Gasteiger partial charge on any atom is 0.326 e. The molecule has 0 radical (unpaired) electrons. The first kappa shape index (κ1) is 21.1. The number of aliphatic carboxylic acids is 1. The highest BCUT2D eigenvalue weighted by atomic mass is 16.4. The Kier molecular flexibility index (Phi) is 7.18. The molecule has 4 N–H and O–H groups in total. The molecule has 2 heterocycles. The summed E-state index contributed by atoms with van der Waals surface area (Å²) in [5.41, 5.74) is 5.42. The summed E-state index contributed by atoms with van der Waals surface area (Å²) in [6, 6.07) is -2.28. The Bertz CT molecular complexity index is 596. The molecule has 152 valence electrons. The molecule has 0 aromatic heterocycles. The summed E-state index contributed by atoms with van der Waals surface area (Å²) in [6.45, 7) is 4.45. The van der Waals surface area contributed by atoms with E-state index in [1.165, 1.54) is 9.80 Å². The van der Waals surface area contributed by atoms with Crippen molar-refractivity contribution in [1.29, 1.82) is 0 Å². The minimum atomic E-state index is -1.02. The van der Waals surface area contributed by atoms with Gasteiger partial charge in [0.1, 0.15) is 18.1 Å². The number of rotatable bonds is 7. The molecule has 3 amide bonds. The molecule has 27 heavy (non-hydrogen) atoms. The average Bonchev–Trinajstić information content (AvgIpc) is 3.33. The number of carbonyl (C=O) groups is 4. The minimum Gasteiger partial charge on any atom is -0.480 e. The van der Waals surface area contributed by atoms with Crippen LogP contribution in [0.5, 0.6) is 0 Å². The Hall–Kier alpha value is -2.16. The van der Waals surface area contributed by atoms with Gasteiger partial charge in [-0.05, 0) is 31.6 Å². The summed E-state index contributed by atoms with van der Waals surface area (Å²) in [5, 5.41) is 12.1. The van der Waals surface area contributed by atoms with E-state index in [-0.39, 0.29) is 30.2 Å². The van der Waals surface area contributed by atoms with Gasteiger partial charge in [-0.15, -0.1) is 0 Å². The Morgan fingerprint density at radius 3 is 2.26 bits per heavy atom. The number of carbonyl (C=O) groups excluding carboxylic acids is 3. The summed E-state index contributed by atoms with van der Waals surface area (Å²) < 4.78 is 0. The first-order valence-electron chi connectivity index (χ1n) is 9.65. The number of hydrogen-bond acceptors (Lipinski definition) is 5. The predicted molar refractivity (Wildman–Crippen MR) is 97.5 cm³/mol. The quantitative estimate of drug-likeness (QED) is 0.546. The molecule has 2 aliphatic rings. The van der Waals surface area contributed by atoms with Crippen LogP contribution in [0.2, 0.25) is 0 Å². The van der Waals surface area contributed by atoms with E-state index in [4.69, 9.17) is 5.73 Å². The first-order valence-corrected chi connectivity index (χ1v) is 9.65. The second kappa shape index (κ2) is 9.16. The number of nitrogens with two attached hydrogens (primary N) is 1. The van der Waals surface area contributed by atoms with Gasteiger partial charge in [-0.1, -0.05) is 20.3 Å². The zero-order valence-electron chi connectivity index (χ0n) is 16.0. The van der Waals surface area contributed by atoms with Crippen LogP contribution in [0.3, 0.4) is 0 Å². The van der Waals surface area contributed by atoms with Gasteiger partial charge in [0.15, 0.2) is 0 Å². The van der Waals surface area contributed by atoms with E-state index < -0.39 is 24.1 Å². The second-order valence-corrected chi connectivity index (χ2v) is 7.35. The molecule has 0 aliphatic carbocycles. The molecule has 2 aliphatic heterocycles. The van der Waals surface area contributed by atoms with Gasteiger partial charge < -0.3 is 26.0 Å². The lowest BCUT2D eigenvalue weighted by atomic mass is 9.96. The van der Waals surface area contributed by atoms with Crippen molar-refractivity contribution in [3.63, 3.8) is 0 Å². The van der Waals surface area contributed by atoms with E-state index in [0.29, 0.717) is 45.2 Å². The van der Waals surface area contributed by atoms with Gasteiger partial charge in [0.05, 0.1) is 6.54 Å². The minimum absolute atomic E-state index is 0.156. The smallest absolute Gasteiger partial charge is 0.326 e. The molecule has 0 unspecified atom stereocenters. The Morgan fingerprint density at radius 1 is 1.11 bits per heavy atom. The van der Waals surface area contributed by atoms with Crippen molar-refractivity contribution in [2.45, 2.75) is 64.1 Å². The van der Waals surface area contributed by atoms with Gasteiger partial charge in [0.25, 0.3) is 0 Å². The molecule has 9 heteroatoms. The van der Waals surface area contributed by atoms with E-state index in [1.807, 2.05) is 13.8 Å². The maximum atomic E-state index is 13.0. The molecule has 2 saturated heterocycles. The van der Waals surface area contributed by atoms with E-state index in [9.17, 15) is 24.3 Å². The monoisotopic (exact) mass is 382 g/mol. The molecule has 0 spiro atoms. The fourth-order valence-electron chi connectivity index (χ4n) is 3.85. The van der Waals surface area contributed by atoms with Crippen LogP contribution in [-0.2, 0) is 19.2 Å². The van der Waals surface area contributed by atoms with Crippen LogP contribution in [0.4, 0.5) is 0 Å². The Morgan fingerprint density at radius 2 is 1.70 bits per heavy atom. The molecule has 0 aromatic carbocycles. The summed E-state index contributed by atoms with van der Waals surface area (Å²) in [7, 11) is 0. The number of nitrogens with one attached hydrogen (secondary N) is 1. The zero-order chi connectivity index (χ0) is 20.1. The van der Waals surface area contributed by atoms with Crippen molar-refractivity contribution in [3.05, 3.63) is 0 Å². The SMILES string of the molecule is CC[C@H](C)[C@H](NC(=O)[C@@H]1CCCN1C(=O)CN)C(=O)N1CCC[C@H]1C(=O)O. The Balaban J connectivity index is 2.14. The van der Waals surface area contributed by atoms with E-state index >= 15 is 0 Å². The highest BCUT2D eigenvalue weighted by molar-refractivity contribution is 5.94. The number of carboxylic acid groups (broad SMARTS) is 1. The highest BCUT2D eigenvalue weighted by Crippen LogP contribution is 2.23. The summed E-state index contributed by atoms with van der Waals surface area (Å²) >= 11 is 0. The third-order valence-electron chi connectivity index (χ3n) is 5.65. The van der Waals surface area contributed by atoms with Crippen molar-refractivity contribution in [2.24, 2.45) is 11.7 Å². The lowest BCUT2D eigenvalue weighted by Crippen LogP contribution is -2.57. The largest absolute Gasteiger partial charge is 0.480 e. The molecule has 2 rings (SSSR count). The van der Waals surface area contributed by atoms with E-state index in [2.05, 4.69) is 5.32 Å². The second-order valence-electron chi connectivity index (χ2n) is 7.35. The number of carboxylic acids is 1. The Labute approximate surface area is 159 Å². The summed E-state index contributed by atoms with van der Waals surface area (Å²) in [6.07, 6.45) is 2.94. The van der Waals surface area contributed by atoms with Gasteiger partial charge in [0.2, 0.25) is 17.7 Å². The van der Waals surface area contributed by atoms with Gasteiger partial charge in [-0.2, -0.15) is 0 Å². The fraction of sp³-hybridized carbons (Fsp3) is 0.778. The van der Waals surface area contributed by atoms with Crippen LogP contribution >= 0.6 is 0 Å². The summed E-state index contributed by atoms with van der Waals surface area (Å²) in [5.74, 6) is -2.21. The number of amides is 3. The third kappa shape index (κ3) is 4.58. The standard InChI is InChI=1S/C18H30N4O5/c1-3-11(2)15(17(25)22-9-5-7-13(22)18(26)27)20-16(24)12-6-4-8-21(12)14(23)10-19/h11-13,15H,3-10,19H2,1-2H3,(H,20,24)(H,26,27)/t11-,12-,13-,15-/m0/s1. The van der Waals surface area contributed by atoms with Crippen LogP contribution in [-0.4, -0.2) is 76.4 Å². The molecule has 9 nitrogen and oxygen atoms in total. The summed E-state index contributed by atoms with van der Waals surface area (Å²) in [4.78, 5) is 52.0. The molecule has 0 saturated carbocycles. The van der Waals surface area contributed by atoms with Crippen LogP contribution in [0.25, 0.3) is 0 Å². The van der Waals surface area contributed by atoms with Crippen molar-refractivity contribution in [2.75, 3.05) is 19.6 Å². The molecular weight excluding hydrogens is 352 g/mol. The zero-order valence-corrected chi connectivity index (χ0v) is 16.0. The highest BCUT2D eigenvalue weighted by Gasteiger charge is 2.41. The van der Waals surface area contributed by atoms with E-state index in [0.717, 1.165) is 0 Å². The fourth-order valence-corrected chi connectivity index (χ4v) is 3.85. The average molecular weight is 382 g/mol. The number of nitrogens with zero attached hydrogens (tertiary/aromatic N) is 2. The lowest BCUT2D eigenvalue weighted by molar-refractivity contribution is -0.150. The number of hydrogen-bond donors (Lipinski definition) is 3. The van der Waals surface area contributed by atoms with E-state index in [1.54, 1.807) is 0 Å². The molecule has 4 atom stereocenters. The first-order chi connectivity index (χ1) is 12.8. The predicted octanol–water partition coefficient (Wildman–Crippen LogP) is -0.457. The maximum absolute atomic E-state index is 13.0.